The topological polar surface area (TPSA) is 6.48 Å². The van der Waals surface area contributed by atoms with Crippen LogP contribution in [0.2, 0.25) is 5.02 Å². The fraction of sp³-hybridized carbons (Fsp3) is 0.429. The second-order valence-electron chi connectivity index (χ2n) is 7.10. The molecule has 4 rings (SSSR count). The molecule has 0 aromatic heterocycles. The molecule has 1 fully saturated rings. The Morgan fingerprint density at radius 3 is 2.73 bits per heavy atom. The molecule has 2 aromatic carbocycles. The number of nitrogens with zero attached hydrogens (tertiary/aromatic N) is 2. The molecule has 0 amide bonds. The van der Waals surface area contributed by atoms with Crippen LogP contribution in [0.5, 0.6) is 0 Å². The maximum atomic E-state index is 6.34. The van der Waals surface area contributed by atoms with Crippen LogP contribution in [0, 0.1) is 0 Å². The van der Waals surface area contributed by atoms with E-state index in [-0.39, 0.29) is 0 Å². The van der Waals surface area contributed by atoms with Crippen molar-refractivity contribution in [3.8, 4) is 0 Å². The summed E-state index contributed by atoms with van der Waals surface area (Å²) in [4.78, 5) is 7.77. The molecule has 2 aromatic rings. The van der Waals surface area contributed by atoms with Gasteiger partial charge >= 0.3 is 0 Å². The second kappa shape index (κ2) is 8.57. The summed E-state index contributed by atoms with van der Waals surface area (Å²) in [5.41, 5.74) is 2.86. The lowest BCUT2D eigenvalue weighted by Crippen LogP contribution is -2.45. The van der Waals surface area contributed by atoms with Crippen molar-refractivity contribution in [2.75, 3.05) is 45.5 Å². The molecule has 2 heterocycles. The van der Waals surface area contributed by atoms with Crippen molar-refractivity contribution in [2.24, 2.45) is 0 Å². The Morgan fingerprint density at radius 2 is 1.88 bits per heavy atom. The molecule has 0 bridgehead atoms. The minimum atomic E-state index is 0.479. The highest BCUT2D eigenvalue weighted by atomic mass is 35.5. The van der Waals surface area contributed by atoms with Gasteiger partial charge in [-0.3, -0.25) is 4.90 Å². The number of rotatable bonds is 4. The third-order valence-electron chi connectivity index (χ3n) is 5.24. The summed E-state index contributed by atoms with van der Waals surface area (Å²) < 4.78 is 0. The molecule has 0 saturated carbocycles. The van der Waals surface area contributed by atoms with E-state index in [1.165, 1.54) is 59.4 Å². The van der Waals surface area contributed by atoms with Gasteiger partial charge in [-0.2, -0.15) is 11.8 Å². The van der Waals surface area contributed by atoms with Crippen LogP contribution < -0.4 is 0 Å². The monoisotopic (exact) mass is 404 g/mol. The van der Waals surface area contributed by atoms with Gasteiger partial charge in [0.1, 0.15) is 0 Å². The number of hydrogen-bond donors (Lipinski definition) is 0. The minimum Gasteiger partial charge on any atom is -0.304 e. The van der Waals surface area contributed by atoms with E-state index in [2.05, 4.69) is 65.0 Å². The highest BCUT2D eigenvalue weighted by Crippen LogP contribution is 2.46. The second-order valence-corrected chi connectivity index (χ2v) is 9.93. The van der Waals surface area contributed by atoms with E-state index in [0.717, 1.165) is 11.4 Å². The van der Waals surface area contributed by atoms with Gasteiger partial charge in [-0.1, -0.05) is 41.6 Å². The van der Waals surface area contributed by atoms with E-state index >= 15 is 0 Å². The lowest BCUT2D eigenvalue weighted by Gasteiger charge is -2.32. The van der Waals surface area contributed by atoms with Crippen LogP contribution in [-0.4, -0.2) is 55.3 Å². The maximum absolute atomic E-state index is 6.34. The molecule has 1 atom stereocenters. The average molecular weight is 405 g/mol. The first kappa shape index (κ1) is 18.7. The van der Waals surface area contributed by atoms with Gasteiger partial charge in [-0.25, -0.2) is 0 Å². The number of piperazine rings is 1. The lowest BCUT2D eigenvalue weighted by molar-refractivity contribution is 0.161. The molecule has 0 aliphatic carbocycles. The van der Waals surface area contributed by atoms with Gasteiger partial charge in [0, 0.05) is 58.5 Å². The predicted molar refractivity (Wildman–Crippen MR) is 115 cm³/mol. The van der Waals surface area contributed by atoms with E-state index in [0.29, 0.717) is 5.25 Å². The van der Waals surface area contributed by atoms with E-state index in [1.54, 1.807) is 0 Å². The Morgan fingerprint density at radius 1 is 1.08 bits per heavy atom. The van der Waals surface area contributed by atoms with Crippen LogP contribution in [0.15, 0.2) is 52.3 Å². The highest BCUT2D eigenvalue weighted by molar-refractivity contribution is 8.00. The van der Waals surface area contributed by atoms with E-state index in [1.807, 2.05) is 17.8 Å². The van der Waals surface area contributed by atoms with Crippen molar-refractivity contribution < 1.29 is 0 Å². The number of benzene rings is 2. The SMILES string of the molecule is CN1CCN(CCSC2Cc3ccccc3Sc3ccc(Cl)cc32)CC1. The molecule has 1 unspecified atom stereocenters. The highest BCUT2D eigenvalue weighted by Gasteiger charge is 2.23. The van der Waals surface area contributed by atoms with Crippen LogP contribution in [0.25, 0.3) is 0 Å². The van der Waals surface area contributed by atoms with Crippen LogP contribution in [0.4, 0.5) is 0 Å². The quantitative estimate of drug-likeness (QED) is 0.701. The summed E-state index contributed by atoms with van der Waals surface area (Å²) in [6.45, 7) is 5.96. The predicted octanol–water partition coefficient (Wildman–Crippen LogP) is 5.07. The largest absolute Gasteiger partial charge is 0.304 e. The molecule has 0 spiro atoms. The Bertz CT molecular complexity index is 759. The normalized spacial score (nSPS) is 21.1. The minimum absolute atomic E-state index is 0.479. The molecular weight excluding hydrogens is 380 g/mol. The van der Waals surface area contributed by atoms with Gasteiger partial charge in [0.25, 0.3) is 0 Å². The van der Waals surface area contributed by atoms with Crippen molar-refractivity contribution in [1.82, 2.24) is 9.80 Å². The van der Waals surface area contributed by atoms with E-state index in [4.69, 9.17) is 11.6 Å². The maximum Gasteiger partial charge on any atom is 0.0409 e. The van der Waals surface area contributed by atoms with Crippen molar-refractivity contribution in [1.29, 1.82) is 0 Å². The number of thioether (sulfide) groups is 1. The molecule has 2 aliphatic heterocycles. The van der Waals surface area contributed by atoms with Crippen molar-refractivity contribution in [2.45, 2.75) is 21.5 Å². The van der Waals surface area contributed by atoms with Crippen LogP contribution >= 0.6 is 35.1 Å². The van der Waals surface area contributed by atoms with Crippen LogP contribution in [0.3, 0.4) is 0 Å². The van der Waals surface area contributed by atoms with Crippen molar-refractivity contribution in [3.05, 3.63) is 58.6 Å². The fourth-order valence-corrected chi connectivity index (χ4v) is 6.30. The third-order valence-corrected chi connectivity index (χ3v) is 7.93. The average Bonchev–Trinajstić information content (AvgIpc) is 2.80. The van der Waals surface area contributed by atoms with Gasteiger partial charge in [-0.05, 0) is 48.9 Å². The lowest BCUT2D eigenvalue weighted by atomic mass is 10.0. The number of likely N-dealkylation sites (N-methyl/N-ethyl adjacent to an activating group) is 1. The molecule has 0 N–H and O–H groups in total. The van der Waals surface area contributed by atoms with Gasteiger partial charge in [-0.15, -0.1) is 0 Å². The standard InChI is InChI=1S/C21H25ClN2S2/c1-23-8-10-24(11-9-23)12-13-25-21-14-16-4-2-3-5-19(16)26-20-7-6-17(22)15-18(20)21/h2-7,15,21H,8-14H2,1H3. The van der Waals surface area contributed by atoms with Gasteiger partial charge in [0.05, 0.1) is 0 Å². The summed E-state index contributed by atoms with van der Waals surface area (Å²) in [6.07, 6.45) is 1.09. The molecule has 2 aliphatic rings. The Labute approximate surface area is 170 Å². The van der Waals surface area contributed by atoms with Gasteiger partial charge in [0.15, 0.2) is 0 Å². The summed E-state index contributed by atoms with van der Waals surface area (Å²) in [7, 11) is 2.22. The summed E-state index contributed by atoms with van der Waals surface area (Å²) >= 11 is 10.3. The molecular formula is C21H25ClN2S2. The molecule has 0 radical (unpaired) electrons. The zero-order valence-electron chi connectivity index (χ0n) is 15.2. The zero-order valence-corrected chi connectivity index (χ0v) is 17.5. The molecule has 5 heteroatoms. The Kier molecular flexibility index (Phi) is 6.17. The summed E-state index contributed by atoms with van der Waals surface area (Å²) in [5.74, 6) is 1.17. The summed E-state index contributed by atoms with van der Waals surface area (Å²) in [6, 6.07) is 15.2. The summed E-state index contributed by atoms with van der Waals surface area (Å²) in [5, 5.41) is 1.33. The van der Waals surface area contributed by atoms with Crippen LogP contribution in [-0.2, 0) is 6.42 Å². The fourth-order valence-electron chi connectivity index (χ4n) is 3.61. The Hall–Kier alpha value is -0.650. The number of fused-ring (bicyclic) bond motifs is 2. The zero-order chi connectivity index (χ0) is 17.9. The van der Waals surface area contributed by atoms with E-state index in [9.17, 15) is 0 Å². The first-order valence-corrected chi connectivity index (χ1v) is 11.5. The number of halogens is 1. The first-order valence-electron chi connectivity index (χ1n) is 9.27. The smallest absolute Gasteiger partial charge is 0.0409 e. The third kappa shape index (κ3) is 4.42. The van der Waals surface area contributed by atoms with Crippen molar-refractivity contribution >= 4 is 35.1 Å². The van der Waals surface area contributed by atoms with Crippen molar-refractivity contribution in [3.63, 3.8) is 0 Å². The molecule has 26 heavy (non-hydrogen) atoms. The van der Waals surface area contributed by atoms with E-state index < -0.39 is 0 Å². The Balaban J connectivity index is 1.48. The first-order chi connectivity index (χ1) is 12.7. The van der Waals surface area contributed by atoms with Gasteiger partial charge in [0.2, 0.25) is 0 Å². The molecule has 2 nitrogen and oxygen atoms in total. The van der Waals surface area contributed by atoms with Crippen LogP contribution in [0.1, 0.15) is 16.4 Å². The van der Waals surface area contributed by atoms with Gasteiger partial charge < -0.3 is 4.90 Å². The number of hydrogen-bond acceptors (Lipinski definition) is 4. The molecule has 138 valence electrons. The molecule has 1 saturated heterocycles.